The van der Waals surface area contributed by atoms with E-state index in [4.69, 9.17) is 10.00 Å². The van der Waals surface area contributed by atoms with Crippen LogP contribution in [0.1, 0.15) is 5.56 Å². The normalized spacial score (nSPS) is 11.2. The molecule has 0 heterocycles. The summed E-state index contributed by atoms with van der Waals surface area (Å²) in [7, 11) is 0. The minimum absolute atomic E-state index is 0.0617. The number of carbonyl (C=O) groups excluding carboxylic acids is 1. The molecule has 0 aliphatic rings. The number of ether oxygens (including phenoxy) is 2. The molecule has 0 unspecified atom stereocenters. The van der Waals surface area contributed by atoms with Gasteiger partial charge in [-0.2, -0.15) is 14.0 Å². The highest BCUT2D eigenvalue weighted by atomic mass is 19.3. The van der Waals surface area contributed by atoms with Crippen molar-refractivity contribution in [3.63, 3.8) is 0 Å². The number of carbonyl (C=O) groups is 1. The first kappa shape index (κ1) is 17.2. The van der Waals surface area contributed by atoms with Gasteiger partial charge in [0.15, 0.2) is 0 Å². The Morgan fingerprint density at radius 3 is 2.71 bits per heavy atom. The van der Waals surface area contributed by atoms with Gasteiger partial charge in [0.1, 0.15) is 24.0 Å². The van der Waals surface area contributed by atoms with Crippen molar-refractivity contribution in [1.29, 1.82) is 5.26 Å². The van der Waals surface area contributed by atoms with Crippen LogP contribution in [0.15, 0.2) is 54.6 Å². The smallest absolute Gasteiger partial charge is 0.387 e. The highest BCUT2D eigenvalue weighted by molar-refractivity contribution is 6.02. The highest BCUT2D eigenvalue weighted by Gasteiger charge is 2.16. The number of fused-ring (bicyclic) bond motifs is 1. The number of nitriles is 1. The van der Waals surface area contributed by atoms with Gasteiger partial charge in [0.25, 0.3) is 0 Å². The predicted octanol–water partition coefficient (Wildman–Crippen LogP) is 4.08. The Morgan fingerprint density at radius 1 is 1.29 bits per heavy atom. The maximum absolute atomic E-state index is 12.6. The van der Waals surface area contributed by atoms with Gasteiger partial charge in [-0.3, -0.25) is 0 Å². The molecular formula is C18H13F2NO3. The lowest BCUT2D eigenvalue weighted by Gasteiger charge is -2.11. The fourth-order valence-electron chi connectivity index (χ4n) is 2.12. The highest BCUT2D eigenvalue weighted by Crippen LogP contribution is 2.31. The molecule has 2 aromatic carbocycles. The van der Waals surface area contributed by atoms with Gasteiger partial charge in [-0.1, -0.05) is 43.0 Å². The molecule has 0 atom stereocenters. The van der Waals surface area contributed by atoms with E-state index in [9.17, 15) is 13.6 Å². The van der Waals surface area contributed by atoms with Crippen LogP contribution in [0.4, 0.5) is 8.78 Å². The van der Waals surface area contributed by atoms with Gasteiger partial charge < -0.3 is 9.47 Å². The first-order valence-corrected chi connectivity index (χ1v) is 6.93. The molecule has 0 amide bonds. The second-order valence-electron chi connectivity index (χ2n) is 4.63. The van der Waals surface area contributed by atoms with Crippen molar-refractivity contribution in [2.45, 2.75) is 6.61 Å². The molecule has 0 bridgehead atoms. The average molecular weight is 329 g/mol. The largest absolute Gasteiger partial charge is 0.457 e. The monoisotopic (exact) mass is 329 g/mol. The first-order chi connectivity index (χ1) is 11.6. The van der Waals surface area contributed by atoms with Crippen LogP contribution in [0.2, 0.25) is 0 Å². The first-order valence-electron chi connectivity index (χ1n) is 6.93. The molecule has 2 aromatic rings. The van der Waals surface area contributed by atoms with Gasteiger partial charge in [0.05, 0.1) is 0 Å². The summed E-state index contributed by atoms with van der Waals surface area (Å²) in [6.45, 7) is 0.314. The Morgan fingerprint density at radius 2 is 2.04 bits per heavy atom. The van der Waals surface area contributed by atoms with E-state index in [-0.39, 0.29) is 23.5 Å². The molecule has 0 saturated carbocycles. The van der Waals surface area contributed by atoms with Crippen LogP contribution in [0.5, 0.6) is 5.75 Å². The van der Waals surface area contributed by atoms with Crippen molar-refractivity contribution < 1.29 is 23.0 Å². The molecule has 4 nitrogen and oxygen atoms in total. The Kier molecular flexibility index (Phi) is 5.63. The number of rotatable bonds is 6. The molecule has 0 aliphatic heterocycles. The molecule has 0 aromatic heterocycles. The molecule has 0 fully saturated rings. The van der Waals surface area contributed by atoms with E-state index in [1.807, 2.05) is 0 Å². The summed E-state index contributed by atoms with van der Waals surface area (Å²) in [4.78, 5) is 11.9. The lowest BCUT2D eigenvalue weighted by Crippen LogP contribution is -2.07. The summed E-state index contributed by atoms with van der Waals surface area (Å²) in [5, 5.41) is 10.5. The number of esters is 1. The van der Waals surface area contributed by atoms with Crippen molar-refractivity contribution in [2.75, 3.05) is 6.61 Å². The summed E-state index contributed by atoms with van der Waals surface area (Å²) in [5.41, 5.74) is -0.118. The van der Waals surface area contributed by atoms with Crippen molar-refractivity contribution in [3.8, 4) is 11.8 Å². The Hall–Kier alpha value is -3.20. The van der Waals surface area contributed by atoms with E-state index in [0.717, 1.165) is 5.39 Å². The van der Waals surface area contributed by atoms with Crippen molar-refractivity contribution in [2.24, 2.45) is 0 Å². The zero-order valence-corrected chi connectivity index (χ0v) is 12.5. The second kappa shape index (κ2) is 7.88. The van der Waals surface area contributed by atoms with Gasteiger partial charge in [-0.15, -0.1) is 0 Å². The van der Waals surface area contributed by atoms with Gasteiger partial charge in [0.2, 0.25) is 0 Å². The summed E-state index contributed by atoms with van der Waals surface area (Å²) < 4.78 is 34.6. The van der Waals surface area contributed by atoms with Crippen LogP contribution in [0.3, 0.4) is 0 Å². The van der Waals surface area contributed by atoms with Crippen LogP contribution in [0, 0.1) is 11.3 Å². The maximum Gasteiger partial charge on any atom is 0.387 e. The Balaban J connectivity index is 2.58. The van der Waals surface area contributed by atoms with E-state index in [1.165, 1.54) is 18.2 Å². The maximum atomic E-state index is 12.6. The molecule has 6 heteroatoms. The van der Waals surface area contributed by atoms with Crippen molar-refractivity contribution in [3.05, 3.63) is 60.2 Å². The molecule has 2 rings (SSSR count). The van der Waals surface area contributed by atoms with Crippen LogP contribution in [-0.4, -0.2) is 19.2 Å². The SMILES string of the molecule is C=CCOC(=O)/C(C#N)=C/c1c(OC(F)F)ccc2ccccc12. The Labute approximate surface area is 137 Å². The van der Waals surface area contributed by atoms with Gasteiger partial charge in [-0.05, 0) is 22.9 Å². The van der Waals surface area contributed by atoms with E-state index in [1.54, 1.807) is 36.4 Å². The summed E-state index contributed by atoms with van der Waals surface area (Å²) in [5.74, 6) is -0.999. The van der Waals surface area contributed by atoms with Crippen LogP contribution in [-0.2, 0) is 9.53 Å². The van der Waals surface area contributed by atoms with Crippen molar-refractivity contribution >= 4 is 22.8 Å². The topological polar surface area (TPSA) is 59.3 Å². The van der Waals surface area contributed by atoms with E-state index in [2.05, 4.69) is 11.3 Å². The fraction of sp³-hybridized carbons (Fsp3) is 0.111. The fourth-order valence-corrected chi connectivity index (χ4v) is 2.12. The van der Waals surface area contributed by atoms with Gasteiger partial charge >= 0.3 is 12.6 Å². The lowest BCUT2D eigenvalue weighted by molar-refractivity contribution is -0.137. The van der Waals surface area contributed by atoms with E-state index >= 15 is 0 Å². The third kappa shape index (κ3) is 3.96. The molecule has 0 spiro atoms. The van der Waals surface area contributed by atoms with E-state index in [0.29, 0.717) is 5.39 Å². The number of hydrogen-bond donors (Lipinski definition) is 0. The van der Waals surface area contributed by atoms with Gasteiger partial charge in [0, 0.05) is 5.56 Å². The minimum atomic E-state index is -3.03. The summed E-state index contributed by atoms with van der Waals surface area (Å²) in [6.07, 6.45) is 2.54. The predicted molar refractivity (Wildman–Crippen MR) is 85.3 cm³/mol. The number of halogens is 2. The van der Waals surface area contributed by atoms with Gasteiger partial charge in [-0.25, -0.2) is 4.79 Å². The Bertz CT molecular complexity index is 838. The third-order valence-electron chi connectivity index (χ3n) is 3.11. The van der Waals surface area contributed by atoms with Crippen LogP contribution in [0.25, 0.3) is 16.8 Å². The number of hydrogen-bond acceptors (Lipinski definition) is 4. The molecule has 0 radical (unpaired) electrons. The molecule has 122 valence electrons. The molecule has 0 N–H and O–H groups in total. The summed E-state index contributed by atoms with van der Waals surface area (Å²) >= 11 is 0. The number of benzene rings is 2. The zero-order valence-electron chi connectivity index (χ0n) is 12.5. The molecular weight excluding hydrogens is 316 g/mol. The zero-order chi connectivity index (χ0) is 17.5. The lowest BCUT2D eigenvalue weighted by atomic mass is 10.0. The van der Waals surface area contributed by atoms with E-state index < -0.39 is 12.6 Å². The molecule has 0 aliphatic carbocycles. The van der Waals surface area contributed by atoms with Crippen LogP contribution >= 0.6 is 0 Å². The average Bonchev–Trinajstić information content (AvgIpc) is 2.58. The standard InChI is InChI=1S/C18H13F2NO3/c1-2-9-23-17(22)13(11-21)10-15-14-6-4-3-5-12(14)7-8-16(15)24-18(19)20/h2-8,10,18H,1,9H2/b13-10+. The minimum Gasteiger partial charge on any atom is -0.457 e. The second-order valence-corrected chi connectivity index (χ2v) is 4.63. The quantitative estimate of drug-likeness (QED) is 0.347. The van der Waals surface area contributed by atoms with Crippen molar-refractivity contribution in [1.82, 2.24) is 0 Å². The number of nitrogens with zero attached hydrogens (tertiary/aromatic N) is 1. The molecule has 24 heavy (non-hydrogen) atoms. The number of alkyl halides is 2. The van der Waals surface area contributed by atoms with Crippen LogP contribution < -0.4 is 4.74 Å². The summed E-state index contributed by atoms with van der Waals surface area (Å²) in [6, 6.07) is 11.7. The molecule has 0 saturated heterocycles. The third-order valence-corrected chi connectivity index (χ3v) is 3.11.